The van der Waals surface area contributed by atoms with Gasteiger partial charge in [-0.05, 0) is 37.7 Å². The van der Waals surface area contributed by atoms with Crippen molar-refractivity contribution >= 4 is 10.9 Å². The number of nitrogens with zero attached hydrogens (tertiary/aromatic N) is 2. The topological polar surface area (TPSA) is 28.2 Å². The number of fused-ring (bicyclic) bond motifs is 1. The summed E-state index contributed by atoms with van der Waals surface area (Å²) in [5.41, 5.74) is 2.39. The first kappa shape index (κ1) is 14.9. The van der Waals surface area contributed by atoms with Gasteiger partial charge in [0.05, 0.1) is 5.52 Å². The molecule has 1 aromatic heterocycles. The van der Waals surface area contributed by atoms with Crippen LogP contribution in [-0.4, -0.2) is 36.6 Å². The number of aromatic nitrogens is 1. The maximum absolute atomic E-state index is 4.41. The first-order valence-electron chi connectivity index (χ1n) is 7.29. The van der Waals surface area contributed by atoms with Crippen molar-refractivity contribution in [1.82, 2.24) is 15.2 Å². The maximum Gasteiger partial charge on any atom is 0.0705 e. The molecule has 1 N–H and O–H groups in total. The molecular weight excluding hydrogens is 246 g/mol. The lowest BCUT2D eigenvalue weighted by atomic mass is 10.0. The molecule has 2 rings (SSSR count). The van der Waals surface area contributed by atoms with Crippen LogP contribution in [0.5, 0.6) is 0 Å². The van der Waals surface area contributed by atoms with Gasteiger partial charge in [-0.1, -0.05) is 32.0 Å². The van der Waals surface area contributed by atoms with Crippen molar-refractivity contribution in [3.63, 3.8) is 0 Å². The van der Waals surface area contributed by atoms with Crippen molar-refractivity contribution in [3.05, 3.63) is 42.1 Å². The van der Waals surface area contributed by atoms with Gasteiger partial charge < -0.3 is 10.2 Å². The molecule has 0 spiro atoms. The average molecular weight is 271 g/mol. The monoisotopic (exact) mass is 271 g/mol. The highest BCUT2D eigenvalue weighted by Gasteiger charge is 2.14. The molecule has 0 bridgehead atoms. The van der Waals surface area contributed by atoms with Gasteiger partial charge in [0.1, 0.15) is 0 Å². The van der Waals surface area contributed by atoms with Crippen molar-refractivity contribution in [2.75, 3.05) is 20.6 Å². The molecule has 108 valence electrons. The Morgan fingerprint density at radius 3 is 2.60 bits per heavy atom. The summed E-state index contributed by atoms with van der Waals surface area (Å²) in [6.07, 6.45) is 1.89. The van der Waals surface area contributed by atoms with Gasteiger partial charge >= 0.3 is 0 Å². The van der Waals surface area contributed by atoms with E-state index in [1.165, 1.54) is 10.9 Å². The number of rotatable bonds is 6. The highest BCUT2D eigenvalue weighted by molar-refractivity contribution is 5.81. The van der Waals surface area contributed by atoms with E-state index >= 15 is 0 Å². The molecule has 0 fully saturated rings. The molecular formula is C17H25N3. The first-order valence-corrected chi connectivity index (χ1v) is 7.29. The zero-order valence-electron chi connectivity index (χ0n) is 12.9. The minimum atomic E-state index is 0.558. The number of pyridine rings is 1. The van der Waals surface area contributed by atoms with Gasteiger partial charge in [-0.2, -0.15) is 0 Å². The van der Waals surface area contributed by atoms with Crippen LogP contribution in [-0.2, 0) is 6.54 Å². The van der Waals surface area contributed by atoms with Crippen LogP contribution >= 0.6 is 0 Å². The second kappa shape index (κ2) is 6.82. The highest BCUT2D eigenvalue weighted by Crippen LogP contribution is 2.16. The van der Waals surface area contributed by atoms with E-state index in [1.807, 2.05) is 12.3 Å². The fraction of sp³-hybridized carbons (Fsp3) is 0.471. The summed E-state index contributed by atoms with van der Waals surface area (Å²) in [6, 6.07) is 11.0. The molecule has 3 heteroatoms. The maximum atomic E-state index is 4.41. The molecule has 1 aromatic carbocycles. The van der Waals surface area contributed by atoms with E-state index in [4.69, 9.17) is 0 Å². The molecule has 0 amide bonds. The van der Waals surface area contributed by atoms with Crippen molar-refractivity contribution in [1.29, 1.82) is 0 Å². The van der Waals surface area contributed by atoms with Crippen LogP contribution in [0, 0.1) is 5.92 Å². The van der Waals surface area contributed by atoms with E-state index in [-0.39, 0.29) is 0 Å². The molecule has 20 heavy (non-hydrogen) atoms. The fourth-order valence-corrected chi connectivity index (χ4v) is 2.68. The van der Waals surface area contributed by atoms with E-state index in [0.717, 1.165) is 18.6 Å². The fourth-order valence-electron chi connectivity index (χ4n) is 2.68. The number of nitrogens with one attached hydrogen (secondary N) is 1. The van der Waals surface area contributed by atoms with E-state index in [2.05, 4.69) is 67.4 Å². The minimum absolute atomic E-state index is 0.558. The Hall–Kier alpha value is -1.45. The van der Waals surface area contributed by atoms with Crippen molar-refractivity contribution in [3.8, 4) is 0 Å². The zero-order valence-corrected chi connectivity index (χ0v) is 12.9. The van der Waals surface area contributed by atoms with Crippen molar-refractivity contribution < 1.29 is 0 Å². The Labute approximate surface area is 122 Å². The van der Waals surface area contributed by atoms with Gasteiger partial charge in [0.15, 0.2) is 0 Å². The molecule has 1 atom stereocenters. The third-order valence-corrected chi connectivity index (χ3v) is 3.84. The number of para-hydroxylation sites is 1. The lowest BCUT2D eigenvalue weighted by Gasteiger charge is -2.28. The van der Waals surface area contributed by atoms with Crippen molar-refractivity contribution in [2.24, 2.45) is 5.92 Å². The van der Waals surface area contributed by atoms with E-state index in [1.54, 1.807) is 0 Å². The summed E-state index contributed by atoms with van der Waals surface area (Å²) >= 11 is 0. The van der Waals surface area contributed by atoms with Gasteiger partial charge in [-0.25, -0.2) is 0 Å². The second-order valence-corrected chi connectivity index (χ2v) is 5.89. The van der Waals surface area contributed by atoms with Crippen LogP contribution in [0.4, 0.5) is 0 Å². The van der Waals surface area contributed by atoms with Gasteiger partial charge in [-0.15, -0.1) is 0 Å². The molecule has 0 radical (unpaired) electrons. The third kappa shape index (κ3) is 3.56. The predicted molar refractivity (Wildman–Crippen MR) is 85.8 cm³/mol. The summed E-state index contributed by atoms with van der Waals surface area (Å²) in [5.74, 6) is 0.645. The summed E-state index contributed by atoms with van der Waals surface area (Å²) in [5, 5.41) is 4.83. The van der Waals surface area contributed by atoms with E-state index < -0.39 is 0 Å². The number of likely N-dealkylation sites (N-methyl/N-ethyl adjacent to an activating group) is 1. The van der Waals surface area contributed by atoms with Gasteiger partial charge in [0.25, 0.3) is 0 Å². The van der Waals surface area contributed by atoms with Crippen molar-refractivity contribution in [2.45, 2.75) is 26.4 Å². The summed E-state index contributed by atoms with van der Waals surface area (Å²) in [4.78, 5) is 6.70. The van der Waals surface area contributed by atoms with Crippen LogP contribution in [0.25, 0.3) is 10.9 Å². The molecule has 0 aliphatic rings. The average Bonchev–Trinajstić information content (AvgIpc) is 2.42. The number of hydrogen-bond donors (Lipinski definition) is 1. The first-order chi connectivity index (χ1) is 9.59. The van der Waals surface area contributed by atoms with Crippen LogP contribution in [0.3, 0.4) is 0 Å². The van der Waals surface area contributed by atoms with Crippen LogP contribution in [0.15, 0.2) is 36.5 Å². The predicted octanol–water partition coefficient (Wildman–Crippen LogP) is 2.91. The molecule has 0 saturated heterocycles. The van der Waals surface area contributed by atoms with Crippen LogP contribution < -0.4 is 5.32 Å². The summed E-state index contributed by atoms with van der Waals surface area (Å²) in [7, 11) is 4.29. The Kier molecular flexibility index (Phi) is 5.10. The zero-order chi connectivity index (χ0) is 14.5. The quantitative estimate of drug-likeness (QED) is 0.875. The van der Waals surface area contributed by atoms with E-state index in [9.17, 15) is 0 Å². The molecule has 1 heterocycles. The standard InChI is InChI=1S/C17H25N3/c1-13(2)17(20(3)4)12-18-11-14-9-10-19-16-8-6-5-7-15(14)16/h5-10,13,17-18H,11-12H2,1-4H3. The van der Waals surface area contributed by atoms with Crippen LogP contribution in [0.1, 0.15) is 19.4 Å². The molecule has 1 unspecified atom stereocenters. The molecule has 0 aliphatic heterocycles. The summed E-state index contributed by atoms with van der Waals surface area (Å²) in [6.45, 7) is 6.43. The molecule has 3 nitrogen and oxygen atoms in total. The lowest BCUT2D eigenvalue weighted by Crippen LogP contribution is -2.41. The Morgan fingerprint density at radius 2 is 1.90 bits per heavy atom. The van der Waals surface area contributed by atoms with E-state index in [0.29, 0.717) is 12.0 Å². The van der Waals surface area contributed by atoms with Gasteiger partial charge in [0, 0.05) is 30.7 Å². The third-order valence-electron chi connectivity index (χ3n) is 3.84. The minimum Gasteiger partial charge on any atom is -0.311 e. The molecule has 2 aromatic rings. The Morgan fingerprint density at radius 1 is 1.15 bits per heavy atom. The lowest BCUT2D eigenvalue weighted by molar-refractivity contribution is 0.224. The van der Waals surface area contributed by atoms with Gasteiger partial charge in [-0.3, -0.25) is 4.98 Å². The van der Waals surface area contributed by atoms with Gasteiger partial charge in [0.2, 0.25) is 0 Å². The largest absolute Gasteiger partial charge is 0.311 e. The Bertz CT molecular complexity index is 535. The highest BCUT2D eigenvalue weighted by atomic mass is 15.1. The smallest absolute Gasteiger partial charge is 0.0705 e. The SMILES string of the molecule is CC(C)C(CNCc1ccnc2ccccc12)N(C)C. The number of benzene rings is 1. The summed E-state index contributed by atoms with van der Waals surface area (Å²) < 4.78 is 0. The molecule has 0 saturated carbocycles. The Balaban J connectivity index is 2.03. The number of hydrogen-bond acceptors (Lipinski definition) is 3. The molecule has 0 aliphatic carbocycles. The van der Waals surface area contributed by atoms with Crippen LogP contribution in [0.2, 0.25) is 0 Å². The second-order valence-electron chi connectivity index (χ2n) is 5.89. The normalized spacial score (nSPS) is 13.3.